The number of hydrogen-bond donors (Lipinski definition) is 1. The van der Waals surface area contributed by atoms with E-state index in [2.05, 4.69) is 12.1 Å². The molecule has 1 aromatic carbocycles. The van der Waals surface area contributed by atoms with Crippen molar-refractivity contribution in [2.75, 3.05) is 0 Å². The second kappa shape index (κ2) is 3.86. The van der Waals surface area contributed by atoms with E-state index in [0.29, 0.717) is 5.92 Å². The van der Waals surface area contributed by atoms with Gasteiger partial charge in [-0.3, -0.25) is 4.79 Å². The third-order valence-electron chi connectivity index (χ3n) is 4.53. The van der Waals surface area contributed by atoms with Crippen LogP contribution in [0.4, 0.5) is 0 Å². The van der Waals surface area contributed by atoms with Gasteiger partial charge in [0.1, 0.15) is 0 Å². The minimum Gasteiger partial charge on any atom is -0.481 e. The van der Waals surface area contributed by atoms with Gasteiger partial charge in [0.2, 0.25) is 0 Å². The Labute approximate surface area is 102 Å². The Kier molecular flexibility index (Phi) is 2.46. The second-order valence-electron chi connectivity index (χ2n) is 5.71. The van der Waals surface area contributed by atoms with Gasteiger partial charge >= 0.3 is 5.97 Å². The topological polar surface area (TPSA) is 37.3 Å². The molecule has 17 heavy (non-hydrogen) atoms. The number of fused-ring (bicyclic) bond motifs is 1. The standard InChI is InChI=1S/C15H18O2/c16-14(17)15(8-11-4-3-5-11)9-12-6-1-2-7-13(12)10-15/h1-2,6-7,11H,3-5,8-10H2,(H,16,17). The number of rotatable bonds is 3. The molecule has 0 atom stereocenters. The lowest BCUT2D eigenvalue weighted by molar-refractivity contribution is -0.150. The normalized spacial score (nSPS) is 21.9. The van der Waals surface area contributed by atoms with Gasteiger partial charge in [-0.25, -0.2) is 0 Å². The van der Waals surface area contributed by atoms with Crippen LogP contribution in [0, 0.1) is 11.3 Å². The molecule has 0 bridgehead atoms. The van der Waals surface area contributed by atoms with Crippen LogP contribution in [0.3, 0.4) is 0 Å². The van der Waals surface area contributed by atoms with E-state index in [1.54, 1.807) is 0 Å². The van der Waals surface area contributed by atoms with Crippen LogP contribution in [0.5, 0.6) is 0 Å². The summed E-state index contributed by atoms with van der Waals surface area (Å²) in [5, 5.41) is 9.60. The van der Waals surface area contributed by atoms with E-state index in [0.717, 1.165) is 19.3 Å². The van der Waals surface area contributed by atoms with E-state index in [1.807, 2.05) is 12.1 Å². The van der Waals surface area contributed by atoms with Crippen molar-refractivity contribution in [3.63, 3.8) is 0 Å². The van der Waals surface area contributed by atoms with Crippen LogP contribution in [-0.2, 0) is 17.6 Å². The zero-order chi connectivity index (χ0) is 11.9. The molecule has 90 valence electrons. The van der Waals surface area contributed by atoms with Crippen LogP contribution in [0.25, 0.3) is 0 Å². The fourth-order valence-electron chi connectivity index (χ4n) is 3.33. The zero-order valence-corrected chi connectivity index (χ0v) is 9.98. The van der Waals surface area contributed by atoms with Crippen LogP contribution in [0.2, 0.25) is 0 Å². The van der Waals surface area contributed by atoms with Crippen LogP contribution < -0.4 is 0 Å². The number of carbonyl (C=O) groups is 1. The largest absolute Gasteiger partial charge is 0.481 e. The SMILES string of the molecule is O=C(O)C1(CC2CCC2)Cc2ccccc2C1. The van der Waals surface area contributed by atoms with Crippen LogP contribution in [0.15, 0.2) is 24.3 Å². The number of hydrogen-bond acceptors (Lipinski definition) is 1. The highest BCUT2D eigenvalue weighted by Crippen LogP contribution is 2.46. The molecule has 0 unspecified atom stereocenters. The van der Waals surface area contributed by atoms with E-state index in [1.165, 1.54) is 30.4 Å². The molecule has 0 amide bonds. The molecule has 0 saturated heterocycles. The van der Waals surface area contributed by atoms with Crippen molar-refractivity contribution in [3.05, 3.63) is 35.4 Å². The van der Waals surface area contributed by atoms with Gasteiger partial charge in [-0.1, -0.05) is 43.5 Å². The summed E-state index contributed by atoms with van der Waals surface area (Å²) in [5.74, 6) is 0.0565. The van der Waals surface area contributed by atoms with Crippen molar-refractivity contribution in [1.82, 2.24) is 0 Å². The quantitative estimate of drug-likeness (QED) is 0.866. The van der Waals surface area contributed by atoms with Crippen molar-refractivity contribution in [2.24, 2.45) is 11.3 Å². The minimum atomic E-state index is -0.597. The molecule has 1 fully saturated rings. The van der Waals surface area contributed by atoms with Crippen molar-refractivity contribution >= 4 is 5.97 Å². The molecule has 2 aliphatic rings. The van der Waals surface area contributed by atoms with E-state index < -0.39 is 11.4 Å². The Morgan fingerprint density at radius 2 is 1.82 bits per heavy atom. The molecule has 0 spiro atoms. The molecule has 0 heterocycles. The summed E-state index contributed by atoms with van der Waals surface area (Å²) < 4.78 is 0. The van der Waals surface area contributed by atoms with Gasteiger partial charge in [-0.15, -0.1) is 0 Å². The smallest absolute Gasteiger partial charge is 0.310 e. The number of aliphatic carboxylic acids is 1. The highest BCUT2D eigenvalue weighted by atomic mass is 16.4. The van der Waals surface area contributed by atoms with Crippen molar-refractivity contribution in [2.45, 2.75) is 38.5 Å². The van der Waals surface area contributed by atoms with Gasteiger partial charge < -0.3 is 5.11 Å². The van der Waals surface area contributed by atoms with Gasteiger partial charge in [0.15, 0.2) is 0 Å². The Bertz CT molecular complexity index is 421. The van der Waals surface area contributed by atoms with Gasteiger partial charge in [-0.2, -0.15) is 0 Å². The molecule has 1 N–H and O–H groups in total. The van der Waals surface area contributed by atoms with Crippen molar-refractivity contribution in [1.29, 1.82) is 0 Å². The van der Waals surface area contributed by atoms with Crippen LogP contribution >= 0.6 is 0 Å². The molecule has 0 aliphatic heterocycles. The second-order valence-corrected chi connectivity index (χ2v) is 5.71. The number of carboxylic acids is 1. The lowest BCUT2D eigenvalue weighted by atomic mass is 9.70. The number of benzene rings is 1. The molecule has 2 nitrogen and oxygen atoms in total. The lowest BCUT2D eigenvalue weighted by Gasteiger charge is -2.33. The third kappa shape index (κ3) is 1.76. The molecule has 2 heteroatoms. The maximum Gasteiger partial charge on any atom is 0.310 e. The maximum atomic E-state index is 11.7. The van der Waals surface area contributed by atoms with E-state index >= 15 is 0 Å². The first-order chi connectivity index (χ1) is 8.20. The van der Waals surface area contributed by atoms with Gasteiger partial charge in [0, 0.05) is 0 Å². The number of carboxylic acid groups (broad SMARTS) is 1. The minimum absolute atomic E-state index is 0.505. The average molecular weight is 230 g/mol. The summed E-state index contributed by atoms with van der Waals surface area (Å²) in [6.07, 6.45) is 6.07. The van der Waals surface area contributed by atoms with Crippen molar-refractivity contribution in [3.8, 4) is 0 Å². The maximum absolute atomic E-state index is 11.7. The first-order valence-electron chi connectivity index (χ1n) is 6.50. The van der Waals surface area contributed by atoms with E-state index in [4.69, 9.17) is 0 Å². The Hall–Kier alpha value is -1.31. The first-order valence-corrected chi connectivity index (χ1v) is 6.50. The molecule has 3 rings (SSSR count). The Balaban J connectivity index is 1.86. The van der Waals surface area contributed by atoms with Crippen LogP contribution in [0.1, 0.15) is 36.8 Å². The third-order valence-corrected chi connectivity index (χ3v) is 4.53. The summed E-state index contributed by atoms with van der Waals surface area (Å²) >= 11 is 0. The Morgan fingerprint density at radius 1 is 1.24 bits per heavy atom. The first kappa shape index (κ1) is 10.8. The molecule has 2 aliphatic carbocycles. The van der Waals surface area contributed by atoms with Gasteiger partial charge in [0.25, 0.3) is 0 Å². The van der Waals surface area contributed by atoms with E-state index in [-0.39, 0.29) is 0 Å². The highest BCUT2D eigenvalue weighted by molar-refractivity contribution is 5.77. The zero-order valence-electron chi connectivity index (χ0n) is 9.98. The lowest BCUT2D eigenvalue weighted by Crippen LogP contribution is -2.35. The Morgan fingerprint density at radius 3 is 2.24 bits per heavy atom. The summed E-state index contributed by atoms with van der Waals surface area (Å²) in [5.41, 5.74) is 1.98. The fraction of sp³-hybridized carbons (Fsp3) is 0.533. The van der Waals surface area contributed by atoms with E-state index in [9.17, 15) is 9.90 Å². The average Bonchev–Trinajstić information content (AvgIpc) is 2.63. The highest BCUT2D eigenvalue weighted by Gasteiger charge is 2.45. The van der Waals surface area contributed by atoms with Crippen LogP contribution in [-0.4, -0.2) is 11.1 Å². The monoisotopic (exact) mass is 230 g/mol. The molecular weight excluding hydrogens is 212 g/mol. The predicted molar refractivity (Wildman–Crippen MR) is 65.9 cm³/mol. The molecule has 0 aromatic heterocycles. The summed E-state index contributed by atoms with van der Waals surface area (Å²) in [6.45, 7) is 0. The summed E-state index contributed by atoms with van der Waals surface area (Å²) in [4.78, 5) is 11.7. The fourth-order valence-corrected chi connectivity index (χ4v) is 3.33. The van der Waals surface area contributed by atoms with Gasteiger partial charge in [0.05, 0.1) is 5.41 Å². The van der Waals surface area contributed by atoms with Crippen molar-refractivity contribution < 1.29 is 9.90 Å². The predicted octanol–water partition coefficient (Wildman–Crippen LogP) is 3.05. The summed E-state index contributed by atoms with van der Waals surface area (Å²) in [6, 6.07) is 8.20. The summed E-state index contributed by atoms with van der Waals surface area (Å²) in [7, 11) is 0. The molecule has 0 radical (unpaired) electrons. The molecule has 1 saturated carbocycles. The molecule has 1 aromatic rings. The molecular formula is C15H18O2. The van der Waals surface area contributed by atoms with Gasteiger partial charge in [-0.05, 0) is 36.3 Å².